The van der Waals surface area contributed by atoms with Gasteiger partial charge in [-0.05, 0) is 35.2 Å². The SMILES string of the molecule is CNc1ncc(Br)c(OC2CCC2)n1. The van der Waals surface area contributed by atoms with Gasteiger partial charge in [-0.15, -0.1) is 0 Å². The van der Waals surface area contributed by atoms with Gasteiger partial charge in [0.25, 0.3) is 0 Å². The van der Waals surface area contributed by atoms with Crippen molar-refractivity contribution in [1.82, 2.24) is 9.97 Å². The zero-order valence-electron chi connectivity index (χ0n) is 7.96. The molecule has 0 radical (unpaired) electrons. The van der Waals surface area contributed by atoms with Gasteiger partial charge in [-0.2, -0.15) is 4.98 Å². The zero-order valence-corrected chi connectivity index (χ0v) is 9.54. The monoisotopic (exact) mass is 257 g/mol. The predicted octanol–water partition coefficient (Wildman–Crippen LogP) is 2.21. The average Bonchev–Trinajstić information content (AvgIpc) is 2.14. The van der Waals surface area contributed by atoms with E-state index >= 15 is 0 Å². The third-order valence-corrected chi connectivity index (χ3v) is 2.81. The molecule has 1 aliphatic rings. The molecule has 1 saturated carbocycles. The van der Waals surface area contributed by atoms with Gasteiger partial charge in [0.15, 0.2) is 0 Å². The minimum atomic E-state index is 0.339. The molecular weight excluding hydrogens is 246 g/mol. The Morgan fingerprint density at radius 2 is 2.36 bits per heavy atom. The number of nitrogens with one attached hydrogen (secondary N) is 1. The van der Waals surface area contributed by atoms with E-state index in [-0.39, 0.29) is 0 Å². The van der Waals surface area contributed by atoms with E-state index < -0.39 is 0 Å². The van der Waals surface area contributed by atoms with Crippen LogP contribution in [0, 0.1) is 0 Å². The molecule has 1 aliphatic carbocycles. The van der Waals surface area contributed by atoms with E-state index in [0.29, 0.717) is 17.9 Å². The van der Waals surface area contributed by atoms with Gasteiger partial charge in [-0.3, -0.25) is 0 Å². The molecule has 1 aromatic heterocycles. The van der Waals surface area contributed by atoms with E-state index in [1.165, 1.54) is 6.42 Å². The fourth-order valence-electron chi connectivity index (χ4n) is 1.20. The lowest BCUT2D eigenvalue weighted by molar-refractivity contribution is 0.113. The van der Waals surface area contributed by atoms with Crippen LogP contribution in [0.4, 0.5) is 5.95 Å². The molecule has 76 valence electrons. The first kappa shape index (κ1) is 9.71. The molecule has 0 aromatic carbocycles. The van der Waals surface area contributed by atoms with Gasteiger partial charge in [0.2, 0.25) is 11.8 Å². The maximum atomic E-state index is 5.69. The fourth-order valence-corrected chi connectivity index (χ4v) is 1.49. The van der Waals surface area contributed by atoms with E-state index in [9.17, 15) is 0 Å². The van der Waals surface area contributed by atoms with Gasteiger partial charge in [0.1, 0.15) is 6.10 Å². The Bertz CT molecular complexity index is 328. The molecule has 0 bridgehead atoms. The second-order valence-electron chi connectivity index (χ2n) is 3.27. The minimum Gasteiger partial charge on any atom is -0.473 e. The number of aromatic nitrogens is 2. The number of halogens is 1. The van der Waals surface area contributed by atoms with Crippen molar-refractivity contribution in [2.75, 3.05) is 12.4 Å². The molecule has 0 atom stereocenters. The molecular formula is C9H12BrN3O. The van der Waals surface area contributed by atoms with Gasteiger partial charge in [-0.1, -0.05) is 0 Å². The quantitative estimate of drug-likeness (QED) is 0.902. The van der Waals surface area contributed by atoms with Crippen LogP contribution in [0.2, 0.25) is 0 Å². The Kier molecular flexibility index (Phi) is 2.86. The summed E-state index contributed by atoms with van der Waals surface area (Å²) in [6, 6.07) is 0. The first-order valence-electron chi connectivity index (χ1n) is 4.66. The van der Waals surface area contributed by atoms with E-state index in [0.717, 1.165) is 17.3 Å². The molecule has 4 nitrogen and oxygen atoms in total. The number of ether oxygens (including phenoxy) is 1. The summed E-state index contributed by atoms with van der Waals surface area (Å²) in [7, 11) is 1.79. The van der Waals surface area contributed by atoms with E-state index in [2.05, 4.69) is 31.2 Å². The molecule has 0 saturated heterocycles. The molecule has 1 fully saturated rings. The second kappa shape index (κ2) is 4.13. The van der Waals surface area contributed by atoms with Gasteiger partial charge < -0.3 is 10.1 Å². The normalized spacial score (nSPS) is 16.1. The minimum absolute atomic E-state index is 0.339. The molecule has 1 heterocycles. The van der Waals surface area contributed by atoms with E-state index in [4.69, 9.17) is 4.74 Å². The molecule has 2 rings (SSSR count). The number of hydrogen-bond donors (Lipinski definition) is 1. The highest BCUT2D eigenvalue weighted by molar-refractivity contribution is 9.10. The molecule has 0 unspecified atom stereocenters. The average molecular weight is 258 g/mol. The molecule has 0 amide bonds. The van der Waals surface area contributed by atoms with Crippen LogP contribution in [0.25, 0.3) is 0 Å². The predicted molar refractivity (Wildman–Crippen MR) is 57.5 cm³/mol. The Labute approximate surface area is 91.2 Å². The lowest BCUT2D eigenvalue weighted by atomic mass is 9.96. The van der Waals surface area contributed by atoms with Crippen molar-refractivity contribution >= 4 is 21.9 Å². The first-order chi connectivity index (χ1) is 6.79. The summed E-state index contributed by atoms with van der Waals surface area (Å²) in [6.07, 6.45) is 5.56. The maximum Gasteiger partial charge on any atom is 0.233 e. The Morgan fingerprint density at radius 1 is 1.57 bits per heavy atom. The van der Waals surface area contributed by atoms with Crippen LogP contribution >= 0.6 is 15.9 Å². The van der Waals surface area contributed by atoms with Crippen LogP contribution in [0.15, 0.2) is 10.7 Å². The van der Waals surface area contributed by atoms with Crippen molar-refractivity contribution in [2.45, 2.75) is 25.4 Å². The summed E-state index contributed by atoms with van der Waals surface area (Å²) in [5, 5.41) is 2.88. The Hall–Kier alpha value is -0.840. The topological polar surface area (TPSA) is 47.0 Å². The van der Waals surface area contributed by atoms with Crippen molar-refractivity contribution < 1.29 is 4.74 Å². The molecule has 1 N–H and O–H groups in total. The highest BCUT2D eigenvalue weighted by Gasteiger charge is 2.21. The van der Waals surface area contributed by atoms with Crippen LogP contribution in [0.3, 0.4) is 0 Å². The van der Waals surface area contributed by atoms with Crippen molar-refractivity contribution in [3.05, 3.63) is 10.7 Å². The first-order valence-corrected chi connectivity index (χ1v) is 5.46. The number of rotatable bonds is 3. The molecule has 0 spiro atoms. The third-order valence-electron chi connectivity index (χ3n) is 2.27. The summed E-state index contributed by atoms with van der Waals surface area (Å²) in [4.78, 5) is 8.28. The summed E-state index contributed by atoms with van der Waals surface area (Å²) in [5.74, 6) is 1.22. The Morgan fingerprint density at radius 3 is 2.93 bits per heavy atom. The largest absolute Gasteiger partial charge is 0.473 e. The smallest absolute Gasteiger partial charge is 0.233 e. The maximum absolute atomic E-state index is 5.69. The fraction of sp³-hybridized carbons (Fsp3) is 0.556. The highest BCUT2D eigenvalue weighted by Crippen LogP contribution is 2.29. The van der Waals surface area contributed by atoms with Crippen molar-refractivity contribution in [3.8, 4) is 5.88 Å². The number of hydrogen-bond acceptors (Lipinski definition) is 4. The summed E-state index contributed by atoms with van der Waals surface area (Å²) >= 11 is 3.36. The van der Waals surface area contributed by atoms with E-state index in [1.54, 1.807) is 13.2 Å². The van der Waals surface area contributed by atoms with Crippen LogP contribution < -0.4 is 10.1 Å². The zero-order chi connectivity index (χ0) is 9.97. The van der Waals surface area contributed by atoms with E-state index in [1.807, 2.05) is 0 Å². The third kappa shape index (κ3) is 1.97. The van der Waals surface area contributed by atoms with Gasteiger partial charge >= 0.3 is 0 Å². The van der Waals surface area contributed by atoms with Gasteiger partial charge in [-0.25, -0.2) is 4.98 Å². The van der Waals surface area contributed by atoms with Gasteiger partial charge in [0, 0.05) is 7.05 Å². The number of anilines is 1. The van der Waals surface area contributed by atoms with Crippen molar-refractivity contribution in [2.24, 2.45) is 0 Å². The number of nitrogens with zero attached hydrogens (tertiary/aromatic N) is 2. The highest BCUT2D eigenvalue weighted by atomic mass is 79.9. The van der Waals surface area contributed by atoms with Crippen molar-refractivity contribution in [3.63, 3.8) is 0 Å². The lowest BCUT2D eigenvalue weighted by Crippen LogP contribution is -2.25. The molecule has 14 heavy (non-hydrogen) atoms. The van der Waals surface area contributed by atoms with Crippen LogP contribution in [0.1, 0.15) is 19.3 Å². The van der Waals surface area contributed by atoms with Gasteiger partial charge in [0.05, 0.1) is 10.7 Å². The molecule has 1 aromatic rings. The summed E-state index contributed by atoms with van der Waals surface area (Å²) in [5.41, 5.74) is 0. The van der Waals surface area contributed by atoms with Crippen LogP contribution in [-0.4, -0.2) is 23.1 Å². The lowest BCUT2D eigenvalue weighted by Gasteiger charge is -2.26. The van der Waals surface area contributed by atoms with Crippen molar-refractivity contribution in [1.29, 1.82) is 0 Å². The molecule has 5 heteroatoms. The van der Waals surface area contributed by atoms with Crippen LogP contribution in [-0.2, 0) is 0 Å². The molecule has 0 aliphatic heterocycles. The summed E-state index contributed by atoms with van der Waals surface area (Å²) in [6.45, 7) is 0. The summed E-state index contributed by atoms with van der Waals surface area (Å²) < 4.78 is 6.49. The van der Waals surface area contributed by atoms with Crippen LogP contribution in [0.5, 0.6) is 5.88 Å². The second-order valence-corrected chi connectivity index (χ2v) is 4.12. The standard InChI is InChI=1S/C9H12BrN3O/c1-11-9-12-5-7(10)8(13-9)14-6-3-2-4-6/h5-6H,2-4H2,1H3,(H,11,12,13). The Balaban J connectivity index is 2.13.